The van der Waals surface area contributed by atoms with Gasteiger partial charge >= 0.3 is 10.2 Å². The Hall–Kier alpha value is -2.06. The third kappa shape index (κ3) is 2.16. The van der Waals surface area contributed by atoms with Crippen molar-refractivity contribution in [2.75, 3.05) is 28.0 Å². The Morgan fingerprint density at radius 1 is 1.14 bits per heavy atom. The minimum absolute atomic E-state index is 0.215. The fraction of sp³-hybridized carbons (Fsp3) is 0.154. The molecule has 1 amide bonds. The SMILES string of the molecule is CN1c2ccc(NC(=O)c3ccsc3)cc2N(C)S1(=O)=O. The summed E-state index contributed by atoms with van der Waals surface area (Å²) in [6.45, 7) is 0. The number of hydrogen-bond donors (Lipinski definition) is 1. The molecule has 3 rings (SSSR count). The lowest BCUT2D eigenvalue weighted by atomic mass is 10.2. The van der Waals surface area contributed by atoms with Gasteiger partial charge in [-0.05, 0) is 29.6 Å². The zero-order valence-electron chi connectivity index (χ0n) is 11.4. The van der Waals surface area contributed by atoms with Gasteiger partial charge in [0.25, 0.3) is 5.91 Å². The molecular formula is C13H13N3O3S2. The van der Waals surface area contributed by atoms with E-state index in [-0.39, 0.29) is 5.91 Å². The van der Waals surface area contributed by atoms with Crippen molar-refractivity contribution < 1.29 is 13.2 Å². The Labute approximate surface area is 126 Å². The molecule has 0 unspecified atom stereocenters. The molecule has 110 valence electrons. The highest BCUT2D eigenvalue weighted by molar-refractivity contribution is 7.94. The van der Waals surface area contributed by atoms with Crippen LogP contribution in [0.15, 0.2) is 35.0 Å². The molecule has 0 spiro atoms. The standard InChI is InChI=1S/C13H13N3O3S2/c1-15-11-4-3-10(7-12(11)16(2)21(15,18)19)14-13(17)9-5-6-20-8-9/h3-8H,1-2H3,(H,14,17). The second kappa shape index (κ2) is 4.74. The van der Waals surface area contributed by atoms with E-state index in [9.17, 15) is 13.2 Å². The summed E-state index contributed by atoms with van der Waals surface area (Å²) in [6.07, 6.45) is 0. The molecule has 1 aliphatic heterocycles. The van der Waals surface area contributed by atoms with Crippen LogP contribution in [0.2, 0.25) is 0 Å². The first kappa shape index (κ1) is 13.9. The molecule has 0 bridgehead atoms. The van der Waals surface area contributed by atoms with Crippen LogP contribution in [-0.4, -0.2) is 28.4 Å². The van der Waals surface area contributed by atoms with Gasteiger partial charge in [0.05, 0.1) is 16.9 Å². The molecule has 0 saturated heterocycles. The largest absolute Gasteiger partial charge is 0.326 e. The maximum Gasteiger partial charge on any atom is 0.326 e. The topological polar surface area (TPSA) is 69.7 Å². The average Bonchev–Trinajstić information content (AvgIpc) is 3.04. The summed E-state index contributed by atoms with van der Waals surface area (Å²) in [5.41, 5.74) is 2.27. The highest BCUT2D eigenvalue weighted by Crippen LogP contribution is 2.40. The second-order valence-electron chi connectivity index (χ2n) is 4.61. The first-order valence-corrected chi connectivity index (χ1v) is 8.45. The molecule has 0 fully saturated rings. The number of amides is 1. The predicted molar refractivity (Wildman–Crippen MR) is 84.4 cm³/mol. The van der Waals surface area contributed by atoms with E-state index in [2.05, 4.69) is 5.32 Å². The third-order valence-corrected chi connectivity index (χ3v) is 5.85. The molecule has 6 nitrogen and oxygen atoms in total. The fourth-order valence-corrected chi connectivity index (χ4v) is 3.95. The summed E-state index contributed by atoms with van der Waals surface area (Å²) in [5.74, 6) is -0.215. The summed E-state index contributed by atoms with van der Waals surface area (Å²) in [6, 6.07) is 6.76. The molecule has 21 heavy (non-hydrogen) atoms. The van der Waals surface area contributed by atoms with Crippen molar-refractivity contribution in [3.05, 3.63) is 40.6 Å². The van der Waals surface area contributed by atoms with Crippen LogP contribution < -0.4 is 13.9 Å². The molecule has 0 saturated carbocycles. The minimum atomic E-state index is -3.50. The van der Waals surface area contributed by atoms with E-state index < -0.39 is 10.2 Å². The van der Waals surface area contributed by atoms with Gasteiger partial charge in [0.15, 0.2) is 0 Å². The number of carbonyl (C=O) groups is 1. The number of benzene rings is 1. The van der Waals surface area contributed by atoms with Gasteiger partial charge in [0, 0.05) is 25.2 Å². The number of carbonyl (C=O) groups excluding carboxylic acids is 1. The Morgan fingerprint density at radius 2 is 1.86 bits per heavy atom. The van der Waals surface area contributed by atoms with Gasteiger partial charge in [-0.1, -0.05) is 0 Å². The van der Waals surface area contributed by atoms with Gasteiger partial charge in [-0.25, -0.2) is 0 Å². The maximum absolute atomic E-state index is 12.0. The summed E-state index contributed by atoms with van der Waals surface area (Å²) in [7, 11) is -0.506. The van der Waals surface area contributed by atoms with Crippen molar-refractivity contribution in [1.29, 1.82) is 0 Å². The first-order valence-electron chi connectivity index (χ1n) is 6.11. The maximum atomic E-state index is 12.0. The molecule has 1 aliphatic rings. The van der Waals surface area contributed by atoms with Crippen LogP contribution in [0.1, 0.15) is 10.4 Å². The van der Waals surface area contributed by atoms with E-state index in [1.54, 1.807) is 29.6 Å². The van der Waals surface area contributed by atoms with Crippen molar-refractivity contribution in [3.63, 3.8) is 0 Å². The smallest absolute Gasteiger partial charge is 0.322 e. The number of fused-ring (bicyclic) bond motifs is 1. The molecule has 0 radical (unpaired) electrons. The highest BCUT2D eigenvalue weighted by Gasteiger charge is 2.35. The van der Waals surface area contributed by atoms with Crippen LogP contribution >= 0.6 is 11.3 Å². The fourth-order valence-electron chi connectivity index (χ4n) is 2.15. The Bertz CT molecular complexity index is 800. The molecule has 2 aromatic rings. The minimum Gasteiger partial charge on any atom is -0.322 e. The molecule has 1 aromatic heterocycles. The van der Waals surface area contributed by atoms with Gasteiger partial charge in [-0.2, -0.15) is 19.8 Å². The average molecular weight is 323 g/mol. The van der Waals surface area contributed by atoms with Crippen molar-refractivity contribution in [2.24, 2.45) is 0 Å². The van der Waals surface area contributed by atoms with Gasteiger partial charge in [0.2, 0.25) is 0 Å². The summed E-state index contributed by atoms with van der Waals surface area (Å²) >= 11 is 1.44. The molecule has 2 heterocycles. The van der Waals surface area contributed by atoms with Gasteiger partial charge in [-0.15, -0.1) is 0 Å². The van der Waals surface area contributed by atoms with Crippen LogP contribution in [0.3, 0.4) is 0 Å². The highest BCUT2D eigenvalue weighted by atomic mass is 32.2. The summed E-state index contributed by atoms with van der Waals surface area (Å²) < 4.78 is 26.5. The number of anilines is 3. The number of hydrogen-bond acceptors (Lipinski definition) is 4. The van der Waals surface area contributed by atoms with Crippen LogP contribution in [0.4, 0.5) is 17.1 Å². The van der Waals surface area contributed by atoms with Crippen LogP contribution in [-0.2, 0) is 10.2 Å². The van der Waals surface area contributed by atoms with Crippen molar-refractivity contribution in [1.82, 2.24) is 0 Å². The molecule has 1 aromatic carbocycles. The van der Waals surface area contributed by atoms with E-state index >= 15 is 0 Å². The van der Waals surface area contributed by atoms with Crippen molar-refractivity contribution in [2.45, 2.75) is 0 Å². The second-order valence-corrected chi connectivity index (χ2v) is 7.38. The van der Waals surface area contributed by atoms with E-state index in [1.165, 1.54) is 34.0 Å². The number of rotatable bonds is 2. The van der Waals surface area contributed by atoms with Crippen LogP contribution in [0.25, 0.3) is 0 Å². The van der Waals surface area contributed by atoms with E-state index in [0.717, 1.165) is 0 Å². The van der Waals surface area contributed by atoms with Crippen LogP contribution in [0, 0.1) is 0 Å². The normalized spacial score (nSPS) is 15.9. The van der Waals surface area contributed by atoms with E-state index in [4.69, 9.17) is 0 Å². The van der Waals surface area contributed by atoms with Crippen molar-refractivity contribution in [3.8, 4) is 0 Å². The molecule has 0 atom stereocenters. The number of nitrogens with one attached hydrogen (secondary N) is 1. The number of thiophene rings is 1. The lowest BCUT2D eigenvalue weighted by Crippen LogP contribution is -2.32. The van der Waals surface area contributed by atoms with Crippen molar-refractivity contribution >= 4 is 44.5 Å². The Morgan fingerprint density at radius 3 is 2.52 bits per heavy atom. The zero-order chi connectivity index (χ0) is 15.2. The molecule has 8 heteroatoms. The summed E-state index contributed by atoms with van der Waals surface area (Å²) in [4.78, 5) is 12.0. The molecule has 1 N–H and O–H groups in total. The molecule has 0 aliphatic carbocycles. The van der Waals surface area contributed by atoms with Crippen LogP contribution in [0.5, 0.6) is 0 Å². The lowest BCUT2D eigenvalue weighted by Gasteiger charge is -2.13. The lowest BCUT2D eigenvalue weighted by molar-refractivity contribution is 0.102. The summed E-state index contributed by atoms with van der Waals surface area (Å²) in [5, 5.41) is 6.35. The first-order chi connectivity index (χ1) is 9.91. The Balaban J connectivity index is 1.92. The Kier molecular flexibility index (Phi) is 3.14. The zero-order valence-corrected chi connectivity index (χ0v) is 13.0. The van der Waals surface area contributed by atoms with E-state index in [0.29, 0.717) is 22.6 Å². The van der Waals surface area contributed by atoms with Gasteiger partial charge in [-0.3, -0.25) is 13.4 Å². The third-order valence-electron chi connectivity index (χ3n) is 3.39. The predicted octanol–water partition coefficient (Wildman–Crippen LogP) is 2.13. The quantitative estimate of drug-likeness (QED) is 0.920. The molecular weight excluding hydrogens is 310 g/mol. The number of nitrogens with zero attached hydrogens (tertiary/aromatic N) is 2. The van der Waals surface area contributed by atoms with E-state index in [1.807, 2.05) is 5.38 Å². The van der Waals surface area contributed by atoms with Gasteiger partial charge < -0.3 is 5.32 Å². The monoisotopic (exact) mass is 323 g/mol. The van der Waals surface area contributed by atoms with Gasteiger partial charge in [0.1, 0.15) is 0 Å².